The van der Waals surface area contributed by atoms with Gasteiger partial charge in [0.1, 0.15) is 0 Å². The molecule has 0 aliphatic carbocycles. The van der Waals surface area contributed by atoms with Crippen LogP contribution in [0.3, 0.4) is 0 Å². The third kappa shape index (κ3) is 3.25. The molecule has 1 aliphatic rings. The fourth-order valence-electron chi connectivity index (χ4n) is 2.94. The van der Waals surface area contributed by atoms with Gasteiger partial charge in [0.15, 0.2) is 0 Å². The van der Waals surface area contributed by atoms with Crippen LogP contribution in [0.25, 0.3) is 0 Å². The van der Waals surface area contributed by atoms with Crippen LogP contribution in [-0.4, -0.2) is 38.3 Å². The van der Waals surface area contributed by atoms with Gasteiger partial charge in [0.2, 0.25) is 5.76 Å². The molecule has 0 bridgehead atoms. The maximum absolute atomic E-state index is 12.5. The molecule has 1 unspecified atom stereocenters. The van der Waals surface area contributed by atoms with Crippen molar-refractivity contribution >= 4 is 5.91 Å². The van der Waals surface area contributed by atoms with E-state index < -0.39 is 0 Å². The summed E-state index contributed by atoms with van der Waals surface area (Å²) in [6, 6.07) is 4.81. The standard InChI is InChI=1S/C17H22N4O3/c1-17(2,3)14-6-7-15(22)21(19-14)11-12-5-4-10-20(12)16(23)13-8-9-18-24-13/h6-9,12H,4-5,10-11H2,1-3H3. The van der Waals surface area contributed by atoms with Crippen LogP contribution in [0.4, 0.5) is 0 Å². The van der Waals surface area contributed by atoms with Crippen molar-refractivity contribution in [3.8, 4) is 0 Å². The molecule has 2 aromatic heterocycles. The lowest BCUT2D eigenvalue weighted by atomic mass is 9.92. The average Bonchev–Trinajstić information content (AvgIpc) is 3.19. The van der Waals surface area contributed by atoms with Gasteiger partial charge < -0.3 is 9.42 Å². The summed E-state index contributed by atoms with van der Waals surface area (Å²) in [6.45, 7) is 7.21. The highest BCUT2D eigenvalue weighted by atomic mass is 16.5. The van der Waals surface area contributed by atoms with Crippen LogP contribution in [0.2, 0.25) is 0 Å². The van der Waals surface area contributed by atoms with Gasteiger partial charge in [-0.2, -0.15) is 5.10 Å². The van der Waals surface area contributed by atoms with Gasteiger partial charge in [-0.3, -0.25) is 9.59 Å². The van der Waals surface area contributed by atoms with E-state index in [9.17, 15) is 9.59 Å². The molecule has 2 aromatic rings. The molecule has 7 nitrogen and oxygen atoms in total. The number of carbonyl (C=O) groups is 1. The molecule has 1 amide bonds. The van der Waals surface area contributed by atoms with Crippen molar-refractivity contribution in [1.82, 2.24) is 19.8 Å². The number of aromatic nitrogens is 3. The molecule has 1 saturated heterocycles. The third-order valence-electron chi connectivity index (χ3n) is 4.31. The van der Waals surface area contributed by atoms with Gasteiger partial charge in [-0.25, -0.2) is 4.68 Å². The molecule has 0 aromatic carbocycles. The zero-order valence-electron chi connectivity index (χ0n) is 14.2. The summed E-state index contributed by atoms with van der Waals surface area (Å²) in [5, 5.41) is 8.08. The first-order valence-corrected chi connectivity index (χ1v) is 8.16. The van der Waals surface area contributed by atoms with Crippen LogP contribution < -0.4 is 5.56 Å². The van der Waals surface area contributed by atoms with E-state index in [4.69, 9.17) is 4.52 Å². The second-order valence-electron chi connectivity index (χ2n) is 7.16. The highest BCUT2D eigenvalue weighted by Gasteiger charge is 2.32. The van der Waals surface area contributed by atoms with E-state index >= 15 is 0 Å². The first-order chi connectivity index (χ1) is 11.4. The largest absolute Gasteiger partial charge is 0.351 e. The third-order valence-corrected chi connectivity index (χ3v) is 4.31. The number of hydrogen-bond donors (Lipinski definition) is 0. The fraction of sp³-hybridized carbons (Fsp3) is 0.529. The predicted octanol–water partition coefficient (Wildman–Crippen LogP) is 1.83. The minimum atomic E-state index is -0.185. The molecular formula is C17H22N4O3. The maximum atomic E-state index is 12.5. The van der Waals surface area contributed by atoms with E-state index in [2.05, 4.69) is 31.0 Å². The molecule has 128 valence electrons. The van der Waals surface area contributed by atoms with Crippen molar-refractivity contribution in [2.45, 2.75) is 51.6 Å². The number of nitrogens with zero attached hydrogens (tertiary/aromatic N) is 4. The Hall–Kier alpha value is -2.44. The maximum Gasteiger partial charge on any atom is 0.292 e. The van der Waals surface area contributed by atoms with Crippen LogP contribution in [-0.2, 0) is 12.0 Å². The second-order valence-corrected chi connectivity index (χ2v) is 7.16. The van der Waals surface area contributed by atoms with E-state index in [1.54, 1.807) is 23.1 Å². The van der Waals surface area contributed by atoms with Gasteiger partial charge in [-0.1, -0.05) is 25.9 Å². The molecular weight excluding hydrogens is 308 g/mol. The minimum absolute atomic E-state index is 0.0666. The van der Waals surface area contributed by atoms with Crippen molar-refractivity contribution < 1.29 is 9.32 Å². The summed E-state index contributed by atoms with van der Waals surface area (Å²) in [5.41, 5.74) is 0.565. The first kappa shape index (κ1) is 16.4. The molecule has 1 fully saturated rings. The monoisotopic (exact) mass is 330 g/mol. The Morgan fingerprint density at radius 1 is 1.33 bits per heavy atom. The van der Waals surface area contributed by atoms with Gasteiger partial charge >= 0.3 is 0 Å². The highest BCUT2D eigenvalue weighted by Crippen LogP contribution is 2.22. The van der Waals surface area contributed by atoms with Crippen molar-refractivity contribution in [3.63, 3.8) is 0 Å². The van der Waals surface area contributed by atoms with Gasteiger partial charge in [-0.05, 0) is 18.9 Å². The summed E-state index contributed by atoms with van der Waals surface area (Å²) < 4.78 is 6.44. The van der Waals surface area contributed by atoms with Crippen LogP contribution in [0.5, 0.6) is 0 Å². The molecule has 3 rings (SSSR count). The topological polar surface area (TPSA) is 81.2 Å². The minimum Gasteiger partial charge on any atom is -0.351 e. The zero-order valence-corrected chi connectivity index (χ0v) is 14.2. The Labute approximate surface area is 140 Å². The summed E-state index contributed by atoms with van der Waals surface area (Å²) >= 11 is 0. The smallest absolute Gasteiger partial charge is 0.292 e. The summed E-state index contributed by atoms with van der Waals surface area (Å²) in [7, 11) is 0. The Morgan fingerprint density at radius 3 is 2.79 bits per heavy atom. The molecule has 1 aliphatic heterocycles. The van der Waals surface area contributed by atoms with Crippen molar-refractivity contribution in [1.29, 1.82) is 0 Å². The van der Waals surface area contributed by atoms with Crippen LogP contribution in [0.15, 0.2) is 33.7 Å². The van der Waals surface area contributed by atoms with E-state index in [1.165, 1.54) is 10.9 Å². The Balaban J connectivity index is 1.82. The SMILES string of the molecule is CC(C)(C)c1ccc(=O)n(CC2CCCN2C(=O)c2ccno2)n1. The predicted molar refractivity (Wildman–Crippen MR) is 87.8 cm³/mol. The van der Waals surface area contributed by atoms with E-state index in [0.717, 1.165) is 18.5 Å². The number of amides is 1. The molecule has 0 radical (unpaired) electrons. The second kappa shape index (κ2) is 6.22. The fourth-order valence-corrected chi connectivity index (χ4v) is 2.94. The Morgan fingerprint density at radius 2 is 2.12 bits per heavy atom. The molecule has 3 heterocycles. The van der Waals surface area contributed by atoms with Gasteiger partial charge in [0, 0.05) is 24.1 Å². The quantitative estimate of drug-likeness (QED) is 0.857. The molecule has 1 atom stereocenters. The molecule has 0 spiro atoms. The van der Waals surface area contributed by atoms with Crippen molar-refractivity contribution in [3.05, 3.63) is 46.2 Å². The van der Waals surface area contributed by atoms with Crippen molar-refractivity contribution in [2.24, 2.45) is 0 Å². The summed E-state index contributed by atoms with van der Waals surface area (Å²) in [4.78, 5) is 26.4. The molecule has 24 heavy (non-hydrogen) atoms. The lowest BCUT2D eigenvalue weighted by Crippen LogP contribution is -2.41. The Kier molecular flexibility index (Phi) is 4.26. The highest BCUT2D eigenvalue weighted by molar-refractivity contribution is 5.91. The molecule has 7 heteroatoms. The van der Waals surface area contributed by atoms with E-state index in [1.807, 2.05) is 0 Å². The zero-order chi connectivity index (χ0) is 17.3. The van der Waals surface area contributed by atoms with Crippen LogP contribution in [0.1, 0.15) is 49.9 Å². The van der Waals surface area contributed by atoms with Crippen LogP contribution in [0, 0.1) is 0 Å². The number of likely N-dealkylation sites (tertiary alicyclic amines) is 1. The Bertz CT molecular complexity index is 774. The lowest BCUT2D eigenvalue weighted by Gasteiger charge is -2.25. The average molecular weight is 330 g/mol. The summed E-state index contributed by atoms with van der Waals surface area (Å²) in [5.74, 6) is 0.0423. The summed E-state index contributed by atoms with van der Waals surface area (Å²) in [6.07, 6.45) is 3.20. The van der Waals surface area contributed by atoms with Gasteiger partial charge in [0.05, 0.1) is 24.5 Å². The normalized spacial score (nSPS) is 18.1. The number of carbonyl (C=O) groups excluding carboxylic acids is 1. The molecule has 0 N–H and O–H groups in total. The van der Waals surface area contributed by atoms with Crippen molar-refractivity contribution in [2.75, 3.05) is 6.54 Å². The molecule has 0 saturated carbocycles. The van der Waals surface area contributed by atoms with E-state index in [-0.39, 0.29) is 28.7 Å². The van der Waals surface area contributed by atoms with Crippen LogP contribution >= 0.6 is 0 Å². The lowest BCUT2D eigenvalue weighted by molar-refractivity contribution is 0.0678. The number of rotatable bonds is 3. The van der Waals surface area contributed by atoms with Gasteiger partial charge in [0.25, 0.3) is 11.5 Å². The van der Waals surface area contributed by atoms with Gasteiger partial charge in [-0.15, -0.1) is 0 Å². The number of hydrogen-bond acceptors (Lipinski definition) is 5. The first-order valence-electron chi connectivity index (χ1n) is 8.16. The van der Waals surface area contributed by atoms with E-state index in [0.29, 0.717) is 13.1 Å².